The van der Waals surface area contributed by atoms with Crippen LogP contribution in [-0.2, 0) is 4.79 Å². The van der Waals surface area contributed by atoms with E-state index in [4.69, 9.17) is 0 Å². The normalized spacial score (nSPS) is 22.1. The molecule has 1 heterocycles. The minimum Gasteiger partial charge on any atom is -0.349 e. The number of halogens is 1. The van der Waals surface area contributed by atoms with Crippen LogP contribution in [0.3, 0.4) is 0 Å². The maximum atomic E-state index is 14.1. The molecule has 0 bridgehead atoms. The van der Waals surface area contributed by atoms with Crippen LogP contribution in [0.25, 0.3) is 0 Å². The van der Waals surface area contributed by atoms with E-state index >= 15 is 0 Å². The molecule has 1 aliphatic carbocycles. The summed E-state index contributed by atoms with van der Waals surface area (Å²) in [5, 5.41) is 2.91. The molecule has 25 heavy (non-hydrogen) atoms. The molecule has 4 rings (SSSR count). The number of hydrogen-bond acceptors (Lipinski definition) is 2. The topological polar surface area (TPSA) is 49.4 Å². The number of carbonyl (C=O) groups is 2. The predicted molar refractivity (Wildman–Crippen MR) is 93.0 cm³/mol. The van der Waals surface area contributed by atoms with E-state index in [-0.39, 0.29) is 23.4 Å². The molecule has 2 aromatic carbocycles. The molecule has 0 spiro atoms. The van der Waals surface area contributed by atoms with Gasteiger partial charge in [0.05, 0.1) is 5.56 Å². The summed E-state index contributed by atoms with van der Waals surface area (Å²) in [6, 6.07) is 14.3. The first kappa shape index (κ1) is 15.8. The van der Waals surface area contributed by atoms with Gasteiger partial charge in [0.25, 0.3) is 5.91 Å². The van der Waals surface area contributed by atoms with Gasteiger partial charge in [-0.25, -0.2) is 4.39 Å². The van der Waals surface area contributed by atoms with Crippen molar-refractivity contribution in [2.45, 2.75) is 31.2 Å². The smallest absolute Gasteiger partial charge is 0.254 e. The molecule has 1 aliphatic heterocycles. The number of anilines is 1. The second-order valence-corrected chi connectivity index (χ2v) is 6.65. The first-order chi connectivity index (χ1) is 12.1. The fourth-order valence-corrected chi connectivity index (χ4v) is 3.45. The maximum Gasteiger partial charge on any atom is 0.254 e. The molecular formula is C20H19FN2O2. The van der Waals surface area contributed by atoms with Gasteiger partial charge in [-0.15, -0.1) is 0 Å². The highest BCUT2D eigenvalue weighted by molar-refractivity contribution is 5.99. The molecule has 2 aliphatic rings. The van der Waals surface area contributed by atoms with Crippen molar-refractivity contribution in [2.24, 2.45) is 0 Å². The molecule has 1 saturated carbocycles. The SMILES string of the molecule is O=C(N[C@H]1C[C@@H]1c1ccccc1)c1cc(N2CCCC2=O)ccc1F. The maximum absolute atomic E-state index is 14.1. The van der Waals surface area contributed by atoms with Crippen LogP contribution < -0.4 is 10.2 Å². The Morgan fingerprint density at radius 3 is 2.68 bits per heavy atom. The highest BCUT2D eigenvalue weighted by Crippen LogP contribution is 2.40. The molecule has 0 radical (unpaired) electrons. The average molecular weight is 338 g/mol. The average Bonchev–Trinajstić information content (AvgIpc) is 3.26. The van der Waals surface area contributed by atoms with Crippen LogP contribution in [-0.4, -0.2) is 24.4 Å². The summed E-state index contributed by atoms with van der Waals surface area (Å²) in [5.74, 6) is -0.680. The van der Waals surface area contributed by atoms with E-state index in [0.717, 1.165) is 12.8 Å². The molecule has 1 N–H and O–H groups in total. The fourth-order valence-electron chi connectivity index (χ4n) is 3.45. The summed E-state index contributed by atoms with van der Waals surface area (Å²) in [4.78, 5) is 26.0. The van der Waals surface area contributed by atoms with E-state index < -0.39 is 11.7 Å². The highest BCUT2D eigenvalue weighted by Gasteiger charge is 2.39. The molecule has 1 saturated heterocycles. The number of amides is 2. The molecule has 2 aromatic rings. The van der Waals surface area contributed by atoms with Crippen LogP contribution in [0.1, 0.15) is 41.1 Å². The van der Waals surface area contributed by atoms with Crippen molar-refractivity contribution in [2.75, 3.05) is 11.4 Å². The number of rotatable bonds is 4. The molecule has 2 atom stereocenters. The lowest BCUT2D eigenvalue weighted by Gasteiger charge is -2.17. The van der Waals surface area contributed by atoms with Gasteiger partial charge < -0.3 is 10.2 Å². The zero-order chi connectivity index (χ0) is 17.4. The summed E-state index contributed by atoms with van der Waals surface area (Å²) in [5.41, 5.74) is 1.77. The van der Waals surface area contributed by atoms with Gasteiger partial charge in [0, 0.05) is 30.6 Å². The van der Waals surface area contributed by atoms with E-state index in [0.29, 0.717) is 18.7 Å². The van der Waals surface area contributed by atoms with E-state index in [2.05, 4.69) is 5.32 Å². The Morgan fingerprint density at radius 1 is 1.16 bits per heavy atom. The second kappa shape index (κ2) is 6.31. The van der Waals surface area contributed by atoms with E-state index in [1.54, 1.807) is 11.0 Å². The number of nitrogens with one attached hydrogen (secondary N) is 1. The van der Waals surface area contributed by atoms with Crippen molar-refractivity contribution in [1.29, 1.82) is 0 Å². The molecular weight excluding hydrogens is 319 g/mol. The highest BCUT2D eigenvalue weighted by atomic mass is 19.1. The van der Waals surface area contributed by atoms with E-state index in [1.165, 1.54) is 17.7 Å². The second-order valence-electron chi connectivity index (χ2n) is 6.65. The molecule has 5 heteroatoms. The van der Waals surface area contributed by atoms with Gasteiger partial charge in [-0.3, -0.25) is 9.59 Å². The fraction of sp³-hybridized carbons (Fsp3) is 0.300. The largest absolute Gasteiger partial charge is 0.349 e. The Bertz CT molecular complexity index is 822. The number of hydrogen-bond donors (Lipinski definition) is 1. The van der Waals surface area contributed by atoms with Crippen LogP contribution in [0.4, 0.5) is 10.1 Å². The first-order valence-corrected chi connectivity index (χ1v) is 8.59. The third-order valence-electron chi connectivity index (χ3n) is 4.91. The molecule has 2 amide bonds. The van der Waals surface area contributed by atoms with Gasteiger partial charge in [-0.1, -0.05) is 30.3 Å². The van der Waals surface area contributed by atoms with Crippen LogP contribution in [0.2, 0.25) is 0 Å². The third-order valence-corrected chi connectivity index (χ3v) is 4.91. The lowest BCUT2D eigenvalue weighted by Crippen LogP contribution is -2.28. The molecule has 128 valence electrons. The summed E-state index contributed by atoms with van der Waals surface area (Å²) >= 11 is 0. The Morgan fingerprint density at radius 2 is 1.96 bits per heavy atom. The summed E-state index contributed by atoms with van der Waals surface area (Å²) in [6.07, 6.45) is 2.15. The lowest BCUT2D eigenvalue weighted by atomic mass is 10.1. The van der Waals surface area contributed by atoms with Crippen LogP contribution in [0.5, 0.6) is 0 Å². The Hall–Kier alpha value is -2.69. The zero-order valence-electron chi connectivity index (χ0n) is 13.7. The van der Waals surface area contributed by atoms with Crippen LogP contribution in [0.15, 0.2) is 48.5 Å². The Kier molecular flexibility index (Phi) is 3.99. The molecule has 0 unspecified atom stereocenters. The van der Waals surface area contributed by atoms with Gasteiger partial charge in [-0.2, -0.15) is 0 Å². The van der Waals surface area contributed by atoms with Crippen molar-refractivity contribution in [3.05, 3.63) is 65.5 Å². The molecule has 4 nitrogen and oxygen atoms in total. The minimum absolute atomic E-state index is 0.00379. The quantitative estimate of drug-likeness (QED) is 0.930. The molecule has 0 aromatic heterocycles. The zero-order valence-corrected chi connectivity index (χ0v) is 13.7. The standard InChI is InChI=1S/C20H19FN2O2/c21-17-9-8-14(23-10-4-7-19(23)24)11-16(17)20(25)22-18-12-15(18)13-5-2-1-3-6-13/h1-3,5-6,8-9,11,15,18H,4,7,10,12H2,(H,22,25)/t15-,18+/m1/s1. The van der Waals surface area contributed by atoms with Gasteiger partial charge >= 0.3 is 0 Å². The van der Waals surface area contributed by atoms with Crippen molar-refractivity contribution in [1.82, 2.24) is 5.32 Å². The third kappa shape index (κ3) is 3.14. The van der Waals surface area contributed by atoms with Gasteiger partial charge in [-0.05, 0) is 36.6 Å². The van der Waals surface area contributed by atoms with Gasteiger partial charge in [0.2, 0.25) is 5.91 Å². The van der Waals surface area contributed by atoms with Gasteiger partial charge in [0.15, 0.2) is 0 Å². The summed E-state index contributed by atoms with van der Waals surface area (Å²) < 4.78 is 14.1. The molecule has 2 fully saturated rings. The number of benzene rings is 2. The van der Waals surface area contributed by atoms with Crippen LogP contribution in [0, 0.1) is 5.82 Å². The number of nitrogens with zero attached hydrogens (tertiary/aromatic N) is 1. The van der Waals surface area contributed by atoms with Gasteiger partial charge in [0.1, 0.15) is 5.82 Å². The number of carbonyl (C=O) groups excluding carboxylic acids is 2. The van der Waals surface area contributed by atoms with E-state index in [9.17, 15) is 14.0 Å². The van der Waals surface area contributed by atoms with E-state index in [1.807, 2.05) is 30.3 Å². The Labute approximate surface area is 145 Å². The first-order valence-electron chi connectivity index (χ1n) is 8.59. The minimum atomic E-state index is -0.565. The predicted octanol–water partition coefficient (Wildman–Crippen LogP) is 3.24. The lowest BCUT2D eigenvalue weighted by molar-refractivity contribution is -0.117. The summed E-state index contributed by atoms with van der Waals surface area (Å²) in [6.45, 7) is 0.615. The van der Waals surface area contributed by atoms with Crippen molar-refractivity contribution >= 4 is 17.5 Å². The summed E-state index contributed by atoms with van der Waals surface area (Å²) in [7, 11) is 0. The van der Waals surface area contributed by atoms with Crippen molar-refractivity contribution < 1.29 is 14.0 Å². The monoisotopic (exact) mass is 338 g/mol. The van der Waals surface area contributed by atoms with Crippen molar-refractivity contribution in [3.8, 4) is 0 Å². The van der Waals surface area contributed by atoms with Crippen molar-refractivity contribution in [3.63, 3.8) is 0 Å². The Balaban J connectivity index is 1.48. The van der Waals surface area contributed by atoms with Crippen LogP contribution >= 0.6 is 0 Å².